The van der Waals surface area contributed by atoms with Crippen LogP contribution in [-0.2, 0) is 114 Å². The Morgan fingerprint density at radius 2 is 0.291 bits per heavy atom. The summed E-state index contributed by atoms with van der Waals surface area (Å²) in [5, 5.41) is 65.0. The van der Waals surface area contributed by atoms with E-state index in [1.807, 2.05) is 83.1 Å². The molecule has 0 aromatic rings. The molecule has 32 heteroatoms. The third kappa shape index (κ3) is 73.6. The number of carboxylic acid groups (broad SMARTS) is 6. The molecule has 0 aromatic carbocycles. The van der Waals surface area contributed by atoms with Crippen molar-refractivity contribution in [2.24, 2.45) is 35.5 Å². The summed E-state index contributed by atoms with van der Waals surface area (Å²) in [5.41, 5.74) is 0. The van der Waals surface area contributed by atoms with Gasteiger partial charge in [0.05, 0.1) is 71.3 Å². The summed E-state index contributed by atoms with van der Waals surface area (Å²) in [6, 6.07) is 0. The van der Waals surface area contributed by atoms with Crippen LogP contribution in [0.4, 0.5) is 0 Å². The number of ether oxygens (including phenoxy) is 12. The smallest absolute Gasteiger partial charge is 0.549 e. The van der Waals surface area contributed by atoms with Crippen LogP contribution in [0.5, 0.6) is 0 Å². The van der Waals surface area contributed by atoms with Gasteiger partial charge in [-0.1, -0.05) is 122 Å². The van der Waals surface area contributed by atoms with Gasteiger partial charge in [-0.3, -0.25) is 28.8 Å². The predicted molar refractivity (Wildman–Crippen MR) is 400 cm³/mol. The van der Waals surface area contributed by atoms with Crippen molar-refractivity contribution >= 4 is 105 Å². The zero-order chi connectivity index (χ0) is 83.8. The fourth-order valence-corrected chi connectivity index (χ4v) is 8.48. The Morgan fingerprint density at radius 1 is 0.191 bits per heavy atom. The average Bonchev–Trinajstić information content (AvgIpc) is 0.977. The van der Waals surface area contributed by atoms with Crippen molar-refractivity contribution in [1.82, 2.24) is 0 Å². The molecule has 0 amide bonds. The van der Waals surface area contributed by atoms with E-state index in [0.29, 0.717) is 79.3 Å². The fraction of sp³-hybridized carbons (Fsp3) is 0.846. The van der Waals surface area contributed by atoms with E-state index in [1.54, 1.807) is 0 Å². The van der Waals surface area contributed by atoms with E-state index >= 15 is 0 Å². The van der Waals surface area contributed by atoms with E-state index in [9.17, 15) is 88.2 Å². The summed E-state index contributed by atoms with van der Waals surface area (Å²) < 4.78 is 65.1. The molecule has 636 valence electrons. The maximum atomic E-state index is 11.2. The van der Waals surface area contributed by atoms with Crippen LogP contribution in [0.3, 0.4) is 0 Å². The number of hydrogen-bond donors (Lipinski definition) is 0. The zero-order valence-corrected chi connectivity index (χ0v) is 72.1. The molecule has 0 N–H and O–H groups in total. The van der Waals surface area contributed by atoms with Crippen LogP contribution in [0.1, 0.15) is 279 Å². The van der Waals surface area contributed by atoms with Gasteiger partial charge in [0.25, 0.3) is 0 Å². The minimum absolute atomic E-state index is 0. The molecule has 0 saturated heterocycles. The summed E-state index contributed by atoms with van der Waals surface area (Å²) in [4.78, 5) is 132. The molecule has 0 saturated carbocycles. The summed E-state index contributed by atoms with van der Waals surface area (Å²) in [7, 11) is 0. The van der Waals surface area contributed by atoms with Crippen molar-refractivity contribution in [3.8, 4) is 0 Å². The number of carbonyl (C=O) groups excluding carboxylic acids is 12. The Morgan fingerprint density at radius 3 is 0.364 bits per heavy atom. The number of rotatable bonds is 66. The number of unbranched alkanes of at least 4 members (excludes halogenated alkanes) is 6. The van der Waals surface area contributed by atoms with Gasteiger partial charge in [-0.15, -0.1) is 0 Å². The molecule has 6 atom stereocenters. The van der Waals surface area contributed by atoms with E-state index < -0.39 is 144 Å². The second-order valence-corrected chi connectivity index (χ2v) is 25.5. The van der Waals surface area contributed by atoms with Crippen molar-refractivity contribution in [1.29, 1.82) is 0 Å². The van der Waals surface area contributed by atoms with Gasteiger partial charge in [0, 0.05) is 118 Å². The minimum atomic E-state index is -1.37. The maximum Gasteiger partial charge on any atom is 3.00 e. The Kier molecular flexibility index (Phi) is 92.3. The van der Waals surface area contributed by atoms with Crippen molar-refractivity contribution in [2.45, 2.75) is 316 Å². The van der Waals surface area contributed by atoms with Crippen LogP contribution >= 0.6 is 0 Å². The number of carboxylic acids is 6. The molecule has 0 aromatic heterocycles. The van der Waals surface area contributed by atoms with Crippen LogP contribution in [0, 0.1) is 35.5 Å². The van der Waals surface area contributed by atoms with Gasteiger partial charge >= 0.3 is 34.7 Å². The van der Waals surface area contributed by atoms with Crippen LogP contribution < -0.4 is 30.6 Å². The first-order valence-electron chi connectivity index (χ1n) is 38.8. The van der Waals surface area contributed by atoms with Gasteiger partial charge in [0.15, 0.2) is 37.7 Å². The van der Waals surface area contributed by atoms with E-state index in [4.69, 9.17) is 56.8 Å². The number of hydrogen-bond acceptors (Lipinski definition) is 30. The maximum absolute atomic E-state index is 11.2. The van der Waals surface area contributed by atoms with Crippen LogP contribution in [-0.4, -0.2) is 222 Å². The molecule has 6 unspecified atom stereocenters. The molecular weight excluding hydrogens is 1470 g/mol. The standard InChI is InChI=1S/3C14H26O5.3C12H22O5.2Al/c3*1-4-6-8-18-13(19-9-7-5-2)10-12(11(3)15)14(16)17;3*1-4-6-16-11(17-7-5-2)8-10(9(3)13)12(14)15;;/h3*12-13H,4-10H2,1-3H3,(H,16,17);3*10-11H,4-8H2,1-3H3,(H,14,15);;/q;;;;;;2*+3/p-6. The monoisotopic (exact) mass is 1610 g/mol. The number of Topliss-reactive ketones (excluding diaryl/α,β-unsaturated/α-hetero) is 6. The molecule has 0 radical (unpaired) electrons. The van der Waals surface area contributed by atoms with Crippen molar-refractivity contribution in [3.05, 3.63) is 0 Å². The number of carbonyl (C=O) groups is 12. The Balaban J connectivity index is -0.000000189. The molecule has 0 aliphatic heterocycles. The van der Waals surface area contributed by atoms with Gasteiger partial charge in [-0.2, -0.15) is 0 Å². The second-order valence-electron chi connectivity index (χ2n) is 25.5. The van der Waals surface area contributed by atoms with Gasteiger partial charge in [0.2, 0.25) is 0 Å². The SMILES string of the molecule is CCCCOC(CC(C(C)=O)C(=O)[O-])OCCCC.CCCCOC(CC(C(C)=O)C(=O)[O-])OCCCC.CCCCOC(CC(C(C)=O)C(=O)[O-])OCCCC.CCCOC(CC(C(C)=O)C(=O)[O-])OCCC.CCCOC(CC(C(C)=O)C(=O)[O-])OCCC.CCCOC(CC(C(C)=O)C(=O)[O-])OCCC.[Al+3].[Al+3]. The van der Waals surface area contributed by atoms with Gasteiger partial charge in [-0.25, -0.2) is 0 Å². The van der Waals surface area contributed by atoms with Crippen LogP contribution in [0.2, 0.25) is 0 Å². The first-order valence-corrected chi connectivity index (χ1v) is 38.8. The third-order valence-corrected chi connectivity index (χ3v) is 15.1. The molecule has 0 spiro atoms. The first-order chi connectivity index (χ1) is 51.1. The molecular formula is C78H138Al2O30. The van der Waals surface area contributed by atoms with E-state index in [1.165, 1.54) is 41.5 Å². The molecule has 0 aliphatic carbocycles. The fourth-order valence-electron chi connectivity index (χ4n) is 8.48. The van der Waals surface area contributed by atoms with Gasteiger partial charge < -0.3 is 116 Å². The van der Waals surface area contributed by atoms with Crippen molar-refractivity contribution in [3.63, 3.8) is 0 Å². The number of ketones is 6. The molecule has 0 aliphatic rings. The largest absolute Gasteiger partial charge is 3.00 e. The summed E-state index contributed by atoms with van der Waals surface area (Å²) >= 11 is 0. The van der Waals surface area contributed by atoms with Crippen molar-refractivity contribution in [2.75, 3.05) is 79.3 Å². The van der Waals surface area contributed by atoms with Crippen LogP contribution in [0.15, 0.2) is 0 Å². The van der Waals surface area contributed by atoms with E-state index in [-0.39, 0.29) is 73.2 Å². The van der Waals surface area contributed by atoms with Gasteiger partial charge in [0.1, 0.15) is 34.7 Å². The third-order valence-electron chi connectivity index (χ3n) is 15.1. The summed E-state index contributed by atoms with van der Waals surface area (Å²) in [5.74, 6) is -17.8. The summed E-state index contributed by atoms with van der Waals surface area (Å²) in [6.45, 7) is 37.2. The quantitative estimate of drug-likeness (QED) is 0.0346. The Hall–Kier alpha value is -4.58. The normalized spacial score (nSPS) is 12.4. The Labute approximate surface area is 678 Å². The molecule has 30 nitrogen and oxygen atoms in total. The molecule has 0 bridgehead atoms. The molecule has 0 fully saturated rings. The topological polar surface area (TPSA) is 454 Å². The Bertz CT molecular complexity index is 1950. The predicted octanol–water partition coefficient (Wildman–Crippen LogP) is 4.64. The first kappa shape index (κ1) is 121. The zero-order valence-electron chi connectivity index (χ0n) is 69.8. The summed E-state index contributed by atoms with van der Waals surface area (Å²) in [6.07, 6.45) is 12.2. The number of aliphatic carboxylic acids is 6. The van der Waals surface area contributed by atoms with E-state index in [0.717, 1.165) is 116 Å². The van der Waals surface area contributed by atoms with Gasteiger partial charge in [-0.05, 0) is 119 Å². The van der Waals surface area contributed by atoms with Crippen molar-refractivity contribution < 1.29 is 145 Å². The van der Waals surface area contributed by atoms with E-state index in [2.05, 4.69) is 0 Å². The second kappa shape index (κ2) is 83.8. The molecule has 110 heavy (non-hydrogen) atoms. The molecule has 0 heterocycles. The van der Waals surface area contributed by atoms with Crippen LogP contribution in [0.25, 0.3) is 0 Å². The average molecular weight is 1610 g/mol. The molecule has 0 rings (SSSR count). The minimum Gasteiger partial charge on any atom is -0.549 e.